The van der Waals surface area contributed by atoms with Crippen molar-refractivity contribution in [2.45, 2.75) is 18.4 Å². The van der Waals surface area contributed by atoms with Gasteiger partial charge in [-0.25, -0.2) is 18.4 Å². The lowest BCUT2D eigenvalue weighted by Gasteiger charge is -2.27. The van der Waals surface area contributed by atoms with E-state index in [1.165, 1.54) is 7.05 Å². The maximum Gasteiger partial charge on any atom is 0.332 e. The molecule has 1 aliphatic rings. The van der Waals surface area contributed by atoms with Gasteiger partial charge in [-0.05, 0) is 0 Å². The molecule has 1 fully saturated rings. The molecular formula is C9H14F2N2O4. The number of hydrogen-bond acceptors (Lipinski definition) is 3. The lowest BCUT2D eigenvalue weighted by molar-refractivity contribution is -0.144. The smallest absolute Gasteiger partial charge is 0.332 e. The number of nitrogens with one attached hydrogen (secondary N) is 1. The molecule has 0 saturated carbocycles. The van der Waals surface area contributed by atoms with Gasteiger partial charge in [0.25, 0.3) is 6.43 Å². The molecule has 2 amide bonds. The Labute approximate surface area is 96.5 Å². The monoisotopic (exact) mass is 252 g/mol. The number of ether oxygens (including phenoxy) is 1. The molecule has 0 spiro atoms. The predicted octanol–water partition coefficient (Wildman–Crippen LogP) is 0.137. The molecule has 0 aromatic heterocycles. The van der Waals surface area contributed by atoms with E-state index in [9.17, 15) is 18.4 Å². The van der Waals surface area contributed by atoms with Crippen molar-refractivity contribution in [1.82, 2.24) is 10.2 Å². The van der Waals surface area contributed by atoms with Crippen LogP contribution in [0.15, 0.2) is 0 Å². The van der Waals surface area contributed by atoms with Crippen LogP contribution in [0, 0.1) is 0 Å². The molecule has 0 radical (unpaired) electrons. The SMILES string of the molecule is CN(CC(F)F)C(=O)NC1(C(=O)O)CCOC1. The van der Waals surface area contributed by atoms with E-state index in [4.69, 9.17) is 9.84 Å². The number of carboxylic acids is 1. The molecule has 2 N–H and O–H groups in total. The summed E-state index contributed by atoms with van der Waals surface area (Å²) in [6.07, 6.45) is -2.54. The first kappa shape index (κ1) is 13.6. The third-order valence-electron chi connectivity index (χ3n) is 2.54. The van der Waals surface area contributed by atoms with Gasteiger partial charge in [0, 0.05) is 20.1 Å². The van der Waals surface area contributed by atoms with Crippen LogP contribution in [-0.2, 0) is 9.53 Å². The molecule has 0 bridgehead atoms. The number of hydrogen-bond donors (Lipinski definition) is 2. The van der Waals surface area contributed by atoms with Crippen molar-refractivity contribution < 1.29 is 28.2 Å². The predicted molar refractivity (Wildman–Crippen MR) is 53.0 cm³/mol. The highest BCUT2D eigenvalue weighted by Crippen LogP contribution is 2.19. The van der Waals surface area contributed by atoms with Gasteiger partial charge in [-0.3, -0.25) is 0 Å². The van der Waals surface area contributed by atoms with E-state index in [0.717, 1.165) is 4.90 Å². The standard InChI is InChI=1S/C9H14F2N2O4/c1-13(4-6(10)11)8(16)12-9(7(14)15)2-3-17-5-9/h6H,2-5H2,1H3,(H,12,16)(H,14,15). The summed E-state index contributed by atoms with van der Waals surface area (Å²) in [5, 5.41) is 11.2. The van der Waals surface area contributed by atoms with E-state index in [2.05, 4.69) is 5.32 Å². The fraction of sp³-hybridized carbons (Fsp3) is 0.778. The van der Waals surface area contributed by atoms with Crippen LogP contribution in [0.1, 0.15) is 6.42 Å². The number of carbonyl (C=O) groups is 2. The zero-order valence-corrected chi connectivity index (χ0v) is 9.28. The number of carbonyl (C=O) groups excluding carboxylic acids is 1. The molecule has 17 heavy (non-hydrogen) atoms. The van der Waals surface area contributed by atoms with Crippen LogP contribution >= 0.6 is 0 Å². The fourth-order valence-corrected chi connectivity index (χ4v) is 1.48. The normalized spacial score (nSPS) is 23.8. The second kappa shape index (κ2) is 5.26. The Kier molecular flexibility index (Phi) is 4.22. The molecule has 0 aliphatic carbocycles. The van der Waals surface area contributed by atoms with E-state index < -0.39 is 30.5 Å². The summed E-state index contributed by atoms with van der Waals surface area (Å²) in [6.45, 7) is -0.690. The van der Waals surface area contributed by atoms with Crippen molar-refractivity contribution in [2.24, 2.45) is 0 Å². The highest BCUT2D eigenvalue weighted by molar-refractivity contribution is 5.86. The Hall–Kier alpha value is -1.44. The minimum atomic E-state index is -2.66. The molecule has 98 valence electrons. The second-order valence-corrected chi connectivity index (χ2v) is 3.89. The van der Waals surface area contributed by atoms with Gasteiger partial charge in [-0.15, -0.1) is 0 Å². The molecule has 1 heterocycles. The van der Waals surface area contributed by atoms with E-state index in [1.807, 2.05) is 0 Å². The summed E-state index contributed by atoms with van der Waals surface area (Å²) in [4.78, 5) is 23.3. The van der Waals surface area contributed by atoms with E-state index in [-0.39, 0.29) is 19.6 Å². The minimum absolute atomic E-state index is 0.122. The van der Waals surface area contributed by atoms with Gasteiger partial charge in [0.1, 0.15) is 0 Å². The van der Waals surface area contributed by atoms with Crippen LogP contribution in [0.5, 0.6) is 0 Å². The number of alkyl halides is 2. The molecule has 1 rings (SSSR count). The van der Waals surface area contributed by atoms with Crippen LogP contribution in [0.4, 0.5) is 13.6 Å². The van der Waals surface area contributed by atoms with Crippen molar-refractivity contribution in [3.8, 4) is 0 Å². The highest BCUT2D eigenvalue weighted by Gasteiger charge is 2.44. The highest BCUT2D eigenvalue weighted by atomic mass is 19.3. The first-order chi connectivity index (χ1) is 7.87. The Bertz CT molecular complexity index is 305. The van der Waals surface area contributed by atoms with Gasteiger partial charge < -0.3 is 20.1 Å². The topological polar surface area (TPSA) is 78.9 Å². The molecular weight excluding hydrogens is 238 g/mol. The lowest BCUT2D eigenvalue weighted by Crippen LogP contribution is -2.58. The summed E-state index contributed by atoms with van der Waals surface area (Å²) < 4.78 is 29.0. The van der Waals surface area contributed by atoms with Gasteiger partial charge in [0.05, 0.1) is 13.2 Å². The number of amides is 2. The average Bonchev–Trinajstić information content (AvgIpc) is 2.66. The fourth-order valence-electron chi connectivity index (χ4n) is 1.48. The Morgan fingerprint density at radius 1 is 1.59 bits per heavy atom. The van der Waals surface area contributed by atoms with Crippen molar-refractivity contribution in [2.75, 3.05) is 26.8 Å². The number of aliphatic carboxylic acids is 1. The van der Waals surface area contributed by atoms with Gasteiger partial charge >= 0.3 is 12.0 Å². The van der Waals surface area contributed by atoms with Gasteiger partial charge in [0.2, 0.25) is 0 Å². The number of carboxylic acid groups (broad SMARTS) is 1. The van der Waals surface area contributed by atoms with Gasteiger partial charge in [0.15, 0.2) is 5.54 Å². The van der Waals surface area contributed by atoms with Crippen molar-refractivity contribution in [1.29, 1.82) is 0 Å². The number of rotatable bonds is 4. The number of nitrogens with zero attached hydrogens (tertiary/aromatic N) is 1. The summed E-state index contributed by atoms with van der Waals surface area (Å²) in [7, 11) is 1.17. The van der Waals surface area contributed by atoms with E-state index in [1.54, 1.807) is 0 Å². The van der Waals surface area contributed by atoms with Crippen molar-refractivity contribution >= 4 is 12.0 Å². The minimum Gasteiger partial charge on any atom is -0.479 e. The third-order valence-corrected chi connectivity index (χ3v) is 2.54. The van der Waals surface area contributed by atoms with Crippen molar-refractivity contribution in [3.63, 3.8) is 0 Å². The molecule has 0 aromatic carbocycles. The van der Waals surface area contributed by atoms with Crippen LogP contribution in [0.2, 0.25) is 0 Å². The molecule has 1 unspecified atom stereocenters. The van der Waals surface area contributed by atoms with Gasteiger partial charge in [-0.1, -0.05) is 0 Å². The van der Waals surface area contributed by atoms with E-state index in [0.29, 0.717) is 0 Å². The summed E-state index contributed by atoms with van der Waals surface area (Å²) in [5.74, 6) is -1.23. The molecule has 8 heteroatoms. The molecule has 1 aliphatic heterocycles. The van der Waals surface area contributed by atoms with Crippen LogP contribution < -0.4 is 5.32 Å². The van der Waals surface area contributed by atoms with Crippen LogP contribution in [-0.4, -0.2) is 60.8 Å². The molecule has 1 saturated heterocycles. The number of urea groups is 1. The Morgan fingerprint density at radius 2 is 2.24 bits per heavy atom. The van der Waals surface area contributed by atoms with E-state index >= 15 is 0 Å². The first-order valence-electron chi connectivity index (χ1n) is 5.00. The zero-order chi connectivity index (χ0) is 13.1. The largest absolute Gasteiger partial charge is 0.479 e. The lowest BCUT2D eigenvalue weighted by atomic mass is 9.99. The van der Waals surface area contributed by atoms with Gasteiger partial charge in [-0.2, -0.15) is 0 Å². The maximum absolute atomic E-state index is 12.1. The van der Waals surface area contributed by atoms with Crippen molar-refractivity contribution in [3.05, 3.63) is 0 Å². The summed E-state index contributed by atoms with van der Waals surface area (Å²) in [6, 6.07) is -0.849. The maximum atomic E-state index is 12.1. The quantitative estimate of drug-likeness (QED) is 0.745. The first-order valence-corrected chi connectivity index (χ1v) is 5.00. The third kappa shape index (κ3) is 3.26. The Morgan fingerprint density at radius 3 is 2.65 bits per heavy atom. The van der Waals surface area contributed by atoms with Crippen LogP contribution in [0.3, 0.4) is 0 Å². The Balaban J connectivity index is 2.62. The second-order valence-electron chi connectivity index (χ2n) is 3.89. The summed E-state index contributed by atoms with van der Waals surface area (Å²) >= 11 is 0. The average molecular weight is 252 g/mol. The molecule has 0 aromatic rings. The summed E-state index contributed by atoms with van der Waals surface area (Å²) in [5.41, 5.74) is -1.51. The number of halogens is 2. The van der Waals surface area contributed by atoms with Crippen LogP contribution in [0.25, 0.3) is 0 Å². The zero-order valence-electron chi connectivity index (χ0n) is 9.28. The molecule has 1 atom stereocenters. The molecule has 6 nitrogen and oxygen atoms in total.